The zero-order chi connectivity index (χ0) is 13.9. The molecule has 0 aliphatic rings. The Bertz CT molecular complexity index is 530. The minimum Gasteiger partial charge on any atom is -0.310 e. The van der Waals surface area contributed by atoms with E-state index in [0.717, 1.165) is 19.2 Å². The first-order valence-electron chi connectivity index (χ1n) is 5.42. The zero-order valence-corrected chi connectivity index (χ0v) is 11.2. The lowest BCUT2D eigenvalue weighted by molar-refractivity contribution is 0.480. The van der Waals surface area contributed by atoms with Gasteiger partial charge in [-0.3, -0.25) is 0 Å². The highest BCUT2D eigenvalue weighted by Gasteiger charge is 2.21. The van der Waals surface area contributed by atoms with E-state index in [-0.39, 0.29) is 12.6 Å². The van der Waals surface area contributed by atoms with Crippen LogP contribution in [0.2, 0.25) is 0 Å². The molecule has 2 N–H and O–H groups in total. The summed E-state index contributed by atoms with van der Waals surface area (Å²) in [5, 5.41) is 3.00. The van der Waals surface area contributed by atoms with Crippen LogP contribution in [0.5, 0.6) is 0 Å². The summed E-state index contributed by atoms with van der Waals surface area (Å²) < 4.78 is 51.8. The third-order valence-corrected chi connectivity index (χ3v) is 3.74. The molecule has 102 valence electrons. The Hall–Kier alpha value is -1.05. The van der Waals surface area contributed by atoms with Crippen molar-refractivity contribution in [2.24, 2.45) is 0 Å². The van der Waals surface area contributed by atoms with Crippen molar-refractivity contribution in [1.29, 1.82) is 0 Å². The summed E-state index contributed by atoms with van der Waals surface area (Å²) in [4.78, 5) is -0.675. The van der Waals surface area contributed by atoms with E-state index in [1.54, 1.807) is 0 Å². The van der Waals surface area contributed by atoms with Crippen molar-refractivity contribution in [2.45, 2.75) is 31.3 Å². The summed E-state index contributed by atoms with van der Waals surface area (Å²) in [6.07, 6.45) is 0. The van der Waals surface area contributed by atoms with Gasteiger partial charge < -0.3 is 5.32 Å². The fourth-order valence-electron chi connectivity index (χ4n) is 1.35. The molecule has 0 amide bonds. The lowest BCUT2D eigenvalue weighted by atomic mass is 10.2. The molecule has 0 aliphatic carbocycles. The van der Waals surface area contributed by atoms with Crippen molar-refractivity contribution in [1.82, 2.24) is 10.0 Å². The van der Waals surface area contributed by atoms with E-state index < -0.39 is 26.6 Å². The van der Waals surface area contributed by atoms with E-state index >= 15 is 0 Å². The molecule has 0 unspecified atom stereocenters. The Balaban J connectivity index is 3.19. The van der Waals surface area contributed by atoms with Crippen molar-refractivity contribution < 1.29 is 17.2 Å². The molecule has 0 aliphatic heterocycles. The van der Waals surface area contributed by atoms with E-state index in [2.05, 4.69) is 5.32 Å². The summed E-state index contributed by atoms with van der Waals surface area (Å²) in [6.45, 7) is 4.05. The molecule has 0 radical (unpaired) electrons. The fourth-order valence-corrected chi connectivity index (χ4v) is 2.21. The van der Waals surface area contributed by atoms with Gasteiger partial charge >= 0.3 is 0 Å². The van der Waals surface area contributed by atoms with Gasteiger partial charge in [-0.25, -0.2) is 21.9 Å². The summed E-state index contributed by atoms with van der Waals surface area (Å²) in [7, 11) is -2.86. The van der Waals surface area contributed by atoms with Gasteiger partial charge in [-0.2, -0.15) is 0 Å². The van der Waals surface area contributed by atoms with Gasteiger partial charge in [-0.1, -0.05) is 13.8 Å². The van der Waals surface area contributed by atoms with Crippen LogP contribution in [0.1, 0.15) is 19.4 Å². The van der Waals surface area contributed by atoms with Crippen LogP contribution in [0, 0.1) is 11.6 Å². The molecule has 0 fully saturated rings. The Morgan fingerprint density at radius 2 is 1.89 bits per heavy atom. The fraction of sp³-hybridized carbons (Fsp3) is 0.455. The predicted molar refractivity (Wildman–Crippen MR) is 64.6 cm³/mol. The second kappa shape index (κ2) is 5.73. The molecule has 0 aromatic heterocycles. The molecule has 7 heteroatoms. The number of hydrogen-bond donors (Lipinski definition) is 2. The van der Waals surface area contributed by atoms with Crippen molar-refractivity contribution in [2.75, 3.05) is 7.05 Å². The Labute approximate surface area is 105 Å². The van der Waals surface area contributed by atoms with Crippen molar-refractivity contribution in [3.8, 4) is 0 Å². The Morgan fingerprint density at radius 1 is 1.28 bits per heavy atom. The Kier molecular flexibility index (Phi) is 4.78. The zero-order valence-electron chi connectivity index (χ0n) is 10.4. The average molecular weight is 278 g/mol. The third kappa shape index (κ3) is 3.47. The van der Waals surface area contributed by atoms with Gasteiger partial charge in [0.2, 0.25) is 10.0 Å². The predicted octanol–water partition coefficient (Wildman–Crippen LogP) is 1.37. The van der Waals surface area contributed by atoms with Gasteiger partial charge in [-0.15, -0.1) is 0 Å². The van der Waals surface area contributed by atoms with Crippen molar-refractivity contribution in [3.05, 3.63) is 29.3 Å². The third-order valence-electron chi connectivity index (χ3n) is 2.33. The van der Waals surface area contributed by atoms with Gasteiger partial charge in [0.1, 0.15) is 4.90 Å². The van der Waals surface area contributed by atoms with Crippen LogP contribution in [0.4, 0.5) is 8.78 Å². The highest BCUT2D eigenvalue weighted by molar-refractivity contribution is 7.89. The molecule has 4 nitrogen and oxygen atoms in total. The Morgan fingerprint density at radius 3 is 2.39 bits per heavy atom. The molecular weight excluding hydrogens is 262 g/mol. The molecule has 0 spiro atoms. The maximum Gasteiger partial charge on any atom is 0.243 e. The van der Waals surface area contributed by atoms with E-state index in [4.69, 9.17) is 0 Å². The minimum atomic E-state index is -4.01. The largest absolute Gasteiger partial charge is 0.310 e. The molecule has 0 saturated carbocycles. The molecule has 1 rings (SSSR count). The smallest absolute Gasteiger partial charge is 0.243 e. The second-order valence-electron chi connectivity index (χ2n) is 4.13. The highest BCUT2D eigenvalue weighted by Crippen LogP contribution is 2.19. The number of rotatable bonds is 5. The molecule has 18 heavy (non-hydrogen) atoms. The van der Waals surface area contributed by atoms with Gasteiger partial charge in [0, 0.05) is 12.6 Å². The maximum atomic E-state index is 13.4. The number of halogens is 2. The number of benzene rings is 1. The first kappa shape index (κ1) is 15.0. The van der Waals surface area contributed by atoms with Crippen LogP contribution in [-0.2, 0) is 16.6 Å². The second-order valence-corrected chi connectivity index (χ2v) is 5.99. The van der Waals surface area contributed by atoms with Gasteiger partial charge in [0.15, 0.2) is 11.6 Å². The maximum absolute atomic E-state index is 13.4. The van der Waals surface area contributed by atoms with E-state index in [1.807, 2.05) is 18.6 Å². The molecular formula is C11H16F2N2O2S. The van der Waals surface area contributed by atoms with E-state index in [9.17, 15) is 17.2 Å². The first-order chi connectivity index (χ1) is 8.27. The van der Waals surface area contributed by atoms with Gasteiger partial charge in [0.05, 0.1) is 0 Å². The monoisotopic (exact) mass is 278 g/mol. The summed E-state index contributed by atoms with van der Waals surface area (Å²) in [6, 6.07) is 2.27. The van der Waals surface area contributed by atoms with Crippen LogP contribution in [0.25, 0.3) is 0 Å². The molecule has 1 aromatic carbocycles. The number of sulfonamides is 1. The molecule has 0 atom stereocenters. The number of nitrogens with one attached hydrogen (secondary N) is 2. The quantitative estimate of drug-likeness (QED) is 0.855. The lowest BCUT2D eigenvalue weighted by Crippen LogP contribution is -2.24. The topological polar surface area (TPSA) is 58.2 Å². The average Bonchev–Trinajstić information content (AvgIpc) is 2.30. The first-order valence-corrected chi connectivity index (χ1v) is 6.91. The van der Waals surface area contributed by atoms with Crippen molar-refractivity contribution in [3.63, 3.8) is 0 Å². The van der Waals surface area contributed by atoms with Crippen LogP contribution >= 0.6 is 0 Å². The summed E-state index contributed by atoms with van der Waals surface area (Å²) in [5.74, 6) is -2.54. The normalized spacial score (nSPS) is 12.1. The summed E-state index contributed by atoms with van der Waals surface area (Å²) in [5.41, 5.74) is 0.372. The van der Waals surface area contributed by atoms with Crippen LogP contribution in [-0.4, -0.2) is 21.5 Å². The van der Waals surface area contributed by atoms with E-state index in [1.165, 1.54) is 0 Å². The minimum absolute atomic E-state index is 0.155. The number of hydrogen-bond acceptors (Lipinski definition) is 3. The molecule has 1 aromatic rings. The molecule has 0 saturated heterocycles. The van der Waals surface area contributed by atoms with Crippen LogP contribution in [0.15, 0.2) is 17.0 Å². The van der Waals surface area contributed by atoms with Gasteiger partial charge in [0.25, 0.3) is 0 Å². The van der Waals surface area contributed by atoms with Crippen LogP contribution in [0.3, 0.4) is 0 Å². The molecule has 0 heterocycles. The molecule has 0 bridgehead atoms. The standard InChI is InChI=1S/C11H16F2N2O2S/c1-7(2)15-6-8-4-9(12)11(13)10(5-8)18(16,17)14-3/h4-5,7,14-15H,6H2,1-3H3. The van der Waals surface area contributed by atoms with Crippen LogP contribution < -0.4 is 10.0 Å². The lowest BCUT2D eigenvalue weighted by Gasteiger charge is -2.11. The highest BCUT2D eigenvalue weighted by atomic mass is 32.2. The SMILES string of the molecule is CNS(=O)(=O)c1cc(CNC(C)C)cc(F)c1F. The van der Waals surface area contributed by atoms with Crippen molar-refractivity contribution >= 4 is 10.0 Å². The van der Waals surface area contributed by atoms with E-state index in [0.29, 0.717) is 5.56 Å². The summed E-state index contributed by atoms with van der Waals surface area (Å²) >= 11 is 0. The van der Waals surface area contributed by atoms with Gasteiger partial charge in [-0.05, 0) is 24.7 Å².